The van der Waals surface area contributed by atoms with E-state index in [1.165, 1.54) is 27.0 Å². The highest BCUT2D eigenvalue weighted by molar-refractivity contribution is 6.32. The number of aromatic hydroxyl groups is 3. The van der Waals surface area contributed by atoms with Gasteiger partial charge in [-0.25, -0.2) is 4.79 Å². The number of amides is 8. The van der Waals surface area contributed by atoms with Gasteiger partial charge in [0, 0.05) is 36.7 Å². The number of carboxylic acids is 1. The molecule has 5 aromatic carbocycles. The monoisotopic (exact) mass is 1490 g/mol. The number of ether oxygens (including phenoxy) is 6. The minimum Gasteiger partial charge on any atom is -0.508 e. The number of nitrogens with zero attached hydrogens (tertiary/aromatic N) is 1. The minimum atomic E-state index is -2.37. The predicted octanol–water partition coefficient (Wildman–Crippen LogP) is -0.352. The molecule has 0 aromatic heterocycles. The quantitative estimate of drug-likeness (QED) is 0.0716. The van der Waals surface area contributed by atoms with Gasteiger partial charge in [-0.05, 0) is 103 Å². The number of aliphatic hydroxyl groups excluding tert-OH is 6. The summed E-state index contributed by atoms with van der Waals surface area (Å²) in [5.41, 5.74) is 5.74. The number of hydrogen-bond acceptors (Lipinski definition) is 24. The summed E-state index contributed by atoms with van der Waals surface area (Å²) in [6, 6.07) is -1.39. The van der Waals surface area contributed by atoms with E-state index in [0.717, 1.165) is 77.7 Å². The summed E-state index contributed by atoms with van der Waals surface area (Å²) in [5, 5.41) is 128. The van der Waals surface area contributed by atoms with Gasteiger partial charge in [0.1, 0.15) is 107 Å². The Bertz CT molecular complexity index is 4230. The van der Waals surface area contributed by atoms with E-state index < -0.39 is 248 Å². The van der Waals surface area contributed by atoms with Crippen LogP contribution in [0.2, 0.25) is 10.0 Å². The number of phenolic OH excluding ortho intramolecular Hbond substituents is 3. The predicted molar refractivity (Wildman–Crippen MR) is 357 cm³/mol. The van der Waals surface area contributed by atoms with Crippen molar-refractivity contribution in [3.8, 4) is 57.1 Å². The second-order valence-electron chi connectivity index (χ2n) is 26.7. The molecule has 11 bridgehead atoms. The molecule has 34 nitrogen and oxygen atoms in total. The van der Waals surface area contributed by atoms with Crippen molar-refractivity contribution in [3.05, 3.63) is 117 Å². The first-order chi connectivity index (χ1) is 48.9. The Kier molecular flexibility index (Phi) is 22.9. The van der Waals surface area contributed by atoms with Crippen LogP contribution in [0.3, 0.4) is 0 Å². The van der Waals surface area contributed by atoms with Crippen molar-refractivity contribution in [2.45, 2.75) is 163 Å². The molecule has 558 valence electrons. The number of fused-ring (bicyclic) bond motifs is 15. The number of phenols is 3. The average molecular weight is 1490 g/mol. The maximum atomic E-state index is 16.1. The molecule has 7 aliphatic heterocycles. The Hall–Kier alpha value is -9.69. The lowest BCUT2D eigenvalue weighted by atomic mass is 9.86. The maximum Gasteiger partial charge on any atom is 0.330 e. The van der Waals surface area contributed by atoms with Crippen LogP contribution < -0.4 is 57.6 Å². The van der Waals surface area contributed by atoms with Crippen molar-refractivity contribution in [2.75, 3.05) is 13.7 Å². The van der Waals surface area contributed by atoms with Gasteiger partial charge in [0.2, 0.25) is 59.3 Å². The molecular formula is C68H78Cl2N9O25+. The zero-order valence-corrected chi connectivity index (χ0v) is 57.8. The lowest BCUT2D eigenvalue weighted by Gasteiger charge is -2.45. The van der Waals surface area contributed by atoms with E-state index in [9.17, 15) is 79.8 Å². The van der Waals surface area contributed by atoms with E-state index in [0.29, 0.717) is 0 Å². The Morgan fingerprint density at radius 1 is 0.731 bits per heavy atom. The fraction of sp³-hybridized carbons (Fsp3) is 0.426. The lowest BCUT2D eigenvalue weighted by molar-refractivity contribution is -0.518. The van der Waals surface area contributed by atoms with Gasteiger partial charge in [0.25, 0.3) is 0 Å². The molecule has 36 heteroatoms. The summed E-state index contributed by atoms with van der Waals surface area (Å²) in [5.74, 6) is -17.2. The largest absolute Gasteiger partial charge is 0.508 e. The first kappa shape index (κ1) is 76.9. The van der Waals surface area contributed by atoms with Crippen molar-refractivity contribution in [1.82, 2.24) is 36.8 Å². The Morgan fingerprint density at radius 2 is 1.33 bits per heavy atom. The molecule has 18 atom stereocenters. The van der Waals surface area contributed by atoms with E-state index in [2.05, 4.69) is 37.6 Å². The number of aliphatic carboxylic acids is 1. The molecular weight excluding hydrogens is 1410 g/mol. The van der Waals surface area contributed by atoms with Gasteiger partial charge in [-0.2, -0.15) is 0 Å². The number of carboxylic acid groups (broad SMARTS) is 1. The summed E-state index contributed by atoms with van der Waals surface area (Å²) in [6.45, 7) is 6.83. The number of halogens is 2. The highest BCUT2D eigenvalue weighted by Crippen LogP contribution is 2.50. The summed E-state index contributed by atoms with van der Waals surface area (Å²) in [4.78, 5) is 132. The molecule has 0 aliphatic carbocycles. The SMILES string of the molecule is CC(=O)N(C)[C@H](CC(C)C)C(=O)N[C@H]1C(=O)N[C@@H](CC(N)=O)C(=O)N[C@H]2C(=O)N[C@H]3C(=O)N[C@H](C(=O)N[C@H](C(=O)O)c4cc(O)cc(O)c4-c4cc3ccc4O)[C@H](O)c3ccc(c(Cl)c3)Oc3cc2cc(c3O[C@@H]2O[C@H](CO)[C@@H](O)[C@H](O)[C@H]2O[C@@H]2C[C@](C)([NH3+])[C@H](O)[C@H](C)O2)Oc2ccc(cc2Cl)[C@H]1O. The minimum absolute atomic E-state index is 0.0170. The van der Waals surface area contributed by atoms with Crippen LogP contribution >= 0.6 is 23.2 Å². The molecule has 0 spiro atoms. The van der Waals surface area contributed by atoms with Crippen LogP contribution in [0, 0.1) is 5.92 Å². The Balaban J connectivity index is 1.24. The summed E-state index contributed by atoms with van der Waals surface area (Å²) >= 11 is 14.1. The van der Waals surface area contributed by atoms with E-state index in [1.54, 1.807) is 20.8 Å². The molecule has 0 saturated carbocycles. The third-order valence-electron chi connectivity index (χ3n) is 18.4. The smallest absolute Gasteiger partial charge is 0.330 e. The second kappa shape index (κ2) is 30.9. The zero-order chi connectivity index (χ0) is 76.0. The molecule has 7 aliphatic rings. The van der Waals surface area contributed by atoms with Crippen molar-refractivity contribution >= 4 is 76.4 Å². The third kappa shape index (κ3) is 16.1. The number of nitrogens with one attached hydrogen (secondary N) is 6. The van der Waals surface area contributed by atoms with Crippen molar-refractivity contribution in [3.63, 3.8) is 0 Å². The van der Waals surface area contributed by atoms with Crippen molar-refractivity contribution in [2.24, 2.45) is 11.7 Å². The van der Waals surface area contributed by atoms with E-state index in [-0.39, 0.29) is 41.2 Å². The summed E-state index contributed by atoms with van der Waals surface area (Å²) in [6.07, 6.45) is -18.6. The number of benzene rings is 5. The van der Waals surface area contributed by atoms with E-state index >= 15 is 14.4 Å². The van der Waals surface area contributed by atoms with Gasteiger partial charge < -0.3 is 128 Å². The third-order valence-corrected chi connectivity index (χ3v) is 19.0. The molecule has 8 amide bonds. The maximum absolute atomic E-state index is 16.1. The number of aliphatic hydroxyl groups is 6. The zero-order valence-electron chi connectivity index (χ0n) is 56.3. The topological polar surface area (TPSA) is 540 Å². The van der Waals surface area contributed by atoms with Gasteiger partial charge in [0.15, 0.2) is 29.9 Å². The number of primary amides is 1. The fourth-order valence-electron chi connectivity index (χ4n) is 12.8. The molecule has 0 radical (unpaired) electrons. The molecule has 5 aromatic rings. The Labute approximate surface area is 601 Å². The van der Waals surface area contributed by atoms with Gasteiger partial charge in [-0.15, -0.1) is 0 Å². The van der Waals surface area contributed by atoms with Gasteiger partial charge >= 0.3 is 5.97 Å². The molecule has 21 N–H and O–H groups in total. The van der Waals surface area contributed by atoms with Gasteiger partial charge in [-0.3, -0.25) is 38.4 Å². The summed E-state index contributed by atoms with van der Waals surface area (Å²) in [7, 11) is 1.32. The van der Waals surface area contributed by atoms with Crippen LogP contribution in [0.15, 0.2) is 78.9 Å². The van der Waals surface area contributed by atoms with Crippen molar-refractivity contribution < 1.29 is 128 Å². The Morgan fingerprint density at radius 3 is 1.90 bits per heavy atom. The molecule has 2 fully saturated rings. The van der Waals surface area contributed by atoms with Crippen LogP contribution in [0.25, 0.3) is 11.1 Å². The average Bonchev–Trinajstić information content (AvgIpc) is 0.768. The second-order valence-corrected chi connectivity index (χ2v) is 27.5. The van der Waals surface area contributed by atoms with E-state index in [1.807, 2.05) is 0 Å². The molecule has 12 rings (SSSR count). The standard InChI is InChI=1S/C68H77Cl2N9O25/c1-24(2)13-37(79(6)26(4)81)61(92)77-51-53(86)28-8-11-40(34(69)15-28)100-42-17-30-18-43(57(42)104-67-58(56(89)55(88)44(23-80)102-67)103-46-22-68(5,72)59(90)25(3)99-46)101-41-12-9-29(16-35(41)70)54(87)52-65(96)76-50(66(97)98)33-19-31(82)20-39(84)47(33)32-14-27(7-10-38(32)83)48(62(93)78-52)75-63(94)49(30)74-60(91)36(21-45(71)85)73-64(51)95/h7-12,14-20,24-25,36-37,44,46,48-56,58-59,67,80,82-84,86-90H,13,21-23,72H2,1-6H3,(H2,71,85)(H,73,95)(H,74,91)(H,75,94)(H,76,96)(H,77,92)(H,78,93)(H,97,98)/p+1/t25-,36-,37+,44+,46+,48+,49+,50-,51+,52-,53+,54+,55+,56-,58+,59+,67-,68-/m0/s1. The number of carbonyl (C=O) groups excluding carboxylic acids is 8. The fourth-order valence-corrected chi connectivity index (χ4v) is 13.3. The number of quaternary nitrogens is 1. The van der Waals surface area contributed by atoms with E-state index in [4.69, 9.17) is 57.4 Å². The van der Waals surface area contributed by atoms with Crippen molar-refractivity contribution in [1.29, 1.82) is 0 Å². The van der Waals surface area contributed by atoms with Crippen LogP contribution in [0.5, 0.6) is 46.0 Å². The first-order valence-electron chi connectivity index (χ1n) is 32.5. The number of carbonyl (C=O) groups is 9. The summed E-state index contributed by atoms with van der Waals surface area (Å²) < 4.78 is 38.4. The van der Waals surface area contributed by atoms with Crippen LogP contribution in [-0.4, -0.2) is 202 Å². The number of nitrogens with two attached hydrogens (primary N) is 1. The number of rotatable bonds is 13. The van der Waals surface area contributed by atoms with Crippen LogP contribution in [-0.2, 0) is 57.4 Å². The molecule has 0 unspecified atom stereocenters. The number of hydrogen-bond donors (Lipinski definition) is 18. The first-order valence-corrected chi connectivity index (χ1v) is 33.3. The molecule has 7 heterocycles. The normalized spacial score (nSPS) is 28.9. The van der Waals surface area contributed by atoms with Crippen LogP contribution in [0.1, 0.15) is 112 Å². The number of likely N-dealkylation sites (N-methyl/N-ethyl adjacent to an activating group) is 1. The van der Waals surface area contributed by atoms with Crippen LogP contribution in [0.4, 0.5) is 0 Å². The van der Waals surface area contributed by atoms with Gasteiger partial charge in [-0.1, -0.05) is 55.2 Å². The highest BCUT2D eigenvalue weighted by Gasteiger charge is 2.52. The molecule has 2 saturated heterocycles. The lowest BCUT2D eigenvalue weighted by Crippen LogP contribution is -2.81. The molecule has 104 heavy (non-hydrogen) atoms. The van der Waals surface area contributed by atoms with Gasteiger partial charge in [0.05, 0.1) is 35.6 Å². The highest BCUT2D eigenvalue weighted by atomic mass is 35.5.